The van der Waals surface area contributed by atoms with Crippen molar-refractivity contribution in [3.05, 3.63) is 24.0 Å². The Hall–Kier alpha value is -1.78. The normalized spacial score (nSPS) is 14.8. The van der Waals surface area contributed by atoms with Crippen molar-refractivity contribution >= 4 is 17.3 Å². The minimum Gasteiger partial charge on any atom is -0.481 e. The number of hydrogen-bond donors (Lipinski definition) is 2. The second-order valence-corrected chi connectivity index (χ2v) is 4.05. The summed E-state index contributed by atoms with van der Waals surface area (Å²) in [6.07, 6.45) is 0.934. The van der Waals surface area contributed by atoms with Gasteiger partial charge in [-0.25, -0.2) is 4.39 Å². The quantitative estimate of drug-likeness (QED) is 0.844. The second kappa shape index (κ2) is 5.03. The molecule has 5 heteroatoms. The molecule has 1 heterocycles. The first kappa shape index (κ1) is 11.7. The van der Waals surface area contributed by atoms with Gasteiger partial charge >= 0.3 is 5.97 Å². The van der Waals surface area contributed by atoms with Gasteiger partial charge in [-0.2, -0.15) is 0 Å². The lowest BCUT2D eigenvalue weighted by Crippen LogP contribution is -2.26. The Morgan fingerprint density at radius 2 is 2.35 bits per heavy atom. The van der Waals surface area contributed by atoms with Crippen molar-refractivity contribution in [3.8, 4) is 0 Å². The van der Waals surface area contributed by atoms with Gasteiger partial charge in [0.25, 0.3) is 0 Å². The van der Waals surface area contributed by atoms with E-state index in [0.717, 1.165) is 18.7 Å². The number of nitrogens with one attached hydrogen (secondary N) is 1. The lowest BCUT2D eigenvalue weighted by molar-refractivity contribution is -0.136. The summed E-state index contributed by atoms with van der Waals surface area (Å²) in [6, 6.07) is 4.88. The first-order chi connectivity index (χ1) is 8.18. The van der Waals surface area contributed by atoms with Crippen LogP contribution in [-0.4, -0.2) is 30.7 Å². The van der Waals surface area contributed by atoms with Crippen LogP contribution in [-0.2, 0) is 4.79 Å². The number of benzene rings is 1. The fraction of sp³-hybridized carbons (Fsp3) is 0.417. The fourth-order valence-corrected chi connectivity index (χ4v) is 2.02. The fourth-order valence-electron chi connectivity index (χ4n) is 2.02. The van der Waals surface area contributed by atoms with Crippen molar-refractivity contribution in [1.82, 2.24) is 0 Å². The summed E-state index contributed by atoms with van der Waals surface area (Å²) in [5, 5.41) is 11.7. The molecular formula is C12H15FN2O2. The van der Waals surface area contributed by atoms with Gasteiger partial charge in [0.1, 0.15) is 5.82 Å². The lowest BCUT2D eigenvalue weighted by atomic mass is 10.2. The van der Waals surface area contributed by atoms with Gasteiger partial charge in [0.15, 0.2) is 0 Å². The van der Waals surface area contributed by atoms with Crippen LogP contribution in [0.4, 0.5) is 15.8 Å². The molecule has 1 aromatic carbocycles. The summed E-state index contributed by atoms with van der Waals surface area (Å²) < 4.78 is 13.6. The molecule has 2 rings (SSSR count). The standard InChI is InChI=1S/C12H15FN2O2/c13-9-3-1-4-10-12(9)14-6-2-7-15(10)8-5-11(16)17/h1,3-4,14H,2,5-8H2,(H,16,17). The van der Waals surface area contributed by atoms with Crippen molar-refractivity contribution in [2.45, 2.75) is 12.8 Å². The number of carboxylic acid groups (broad SMARTS) is 1. The Bertz CT molecular complexity index is 423. The third-order valence-corrected chi connectivity index (χ3v) is 2.83. The summed E-state index contributed by atoms with van der Waals surface area (Å²) in [4.78, 5) is 12.5. The predicted octanol–water partition coefficient (Wildman–Crippen LogP) is 1.92. The van der Waals surface area contributed by atoms with E-state index < -0.39 is 5.97 Å². The van der Waals surface area contributed by atoms with Crippen molar-refractivity contribution in [2.75, 3.05) is 29.9 Å². The zero-order valence-corrected chi connectivity index (χ0v) is 9.45. The van der Waals surface area contributed by atoms with E-state index in [2.05, 4.69) is 5.32 Å². The molecule has 0 radical (unpaired) electrons. The Labute approximate surface area is 99.0 Å². The van der Waals surface area contributed by atoms with E-state index in [4.69, 9.17) is 5.11 Å². The number of nitrogens with zero attached hydrogens (tertiary/aromatic N) is 1. The molecule has 0 aromatic heterocycles. The highest BCUT2D eigenvalue weighted by atomic mass is 19.1. The maximum atomic E-state index is 13.6. The Morgan fingerprint density at radius 1 is 1.53 bits per heavy atom. The number of rotatable bonds is 3. The molecule has 0 fully saturated rings. The number of aliphatic carboxylic acids is 1. The van der Waals surface area contributed by atoms with Gasteiger partial charge in [0.2, 0.25) is 0 Å². The first-order valence-corrected chi connectivity index (χ1v) is 5.67. The third-order valence-electron chi connectivity index (χ3n) is 2.83. The number of fused-ring (bicyclic) bond motifs is 1. The summed E-state index contributed by atoms with van der Waals surface area (Å²) in [6.45, 7) is 1.86. The van der Waals surface area contributed by atoms with Gasteiger partial charge in [-0.05, 0) is 18.6 Å². The number of anilines is 2. The number of para-hydroxylation sites is 1. The van der Waals surface area contributed by atoms with Crippen LogP contribution in [0.3, 0.4) is 0 Å². The van der Waals surface area contributed by atoms with Crippen molar-refractivity contribution in [2.24, 2.45) is 0 Å². The van der Waals surface area contributed by atoms with E-state index in [1.165, 1.54) is 6.07 Å². The maximum absolute atomic E-state index is 13.6. The third kappa shape index (κ3) is 2.67. The molecule has 0 spiro atoms. The predicted molar refractivity (Wildman–Crippen MR) is 64.0 cm³/mol. The summed E-state index contributed by atoms with van der Waals surface area (Å²) in [5.74, 6) is -1.12. The summed E-state index contributed by atoms with van der Waals surface area (Å²) >= 11 is 0. The lowest BCUT2D eigenvalue weighted by Gasteiger charge is -2.23. The van der Waals surface area contributed by atoms with E-state index in [9.17, 15) is 9.18 Å². The average molecular weight is 238 g/mol. The highest BCUT2D eigenvalue weighted by Gasteiger charge is 2.18. The highest BCUT2D eigenvalue weighted by Crippen LogP contribution is 2.30. The van der Waals surface area contributed by atoms with E-state index in [1.54, 1.807) is 6.07 Å². The summed E-state index contributed by atoms with van der Waals surface area (Å²) in [5.41, 5.74) is 1.24. The Morgan fingerprint density at radius 3 is 3.12 bits per heavy atom. The smallest absolute Gasteiger partial charge is 0.305 e. The van der Waals surface area contributed by atoms with E-state index >= 15 is 0 Å². The topological polar surface area (TPSA) is 52.6 Å². The molecule has 4 nitrogen and oxygen atoms in total. The number of carbonyl (C=O) groups is 1. The molecule has 2 N–H and O–H groups in total. The molecule has 0 aliphatic carbocycles. The minimum absolute atomic E-state index is 0.0654. The van der Waals surface area contributed by atoms with Gasteiger partial charge < -0.3 is 15.3 Å². The van der Waals surface area contributed by atoms with Crippen LogP contribution >= 0.6 is 0 Å². The van der Waals surface area contributed by atoms with Crippen molar-refractivity contribution in [3.63, 3.8) is 0 Å². The van der Waals surface area contributed by atoms with Crippen LogP contribution in [0.25, 0.3) is 0 Å². The monoisotopic (exact) mass is 238 g/mol. The molecule has 0 bridgehead atoms. The van der Waals surface area contributed by atoms with Crippen molar-refractivity contribution in [1.29, 1.82) is 0 Å². The second-order valence-electron chi connectivity index (χ2n) is 4.05. The maximum Gasteiger partial charge on any atom is 0.305 e. The minimum atomic E-state index is -0.833. The highest BCUT2D eigenvalue weighted by molar-refractivity contribution is 5.73. The number of carboxylic acids is 1. The molecule has 0 saturated heterocycles. The van der Waals surface area contributed by atoms with Gasteiger partial charge in [-0.1, -0.05) is 6.07 Å². The average Bonchev–Trinajstić information content (AvgIpc) is 2.50. The van der Waals surface area contributed by atoms with Crippen LogP contribution in [0.2, 0.25) is 0 Å². The van der Waals surface area contributed by atoms with E-state index in [0.29, 0.717) is 18.8 Å². The van der Waals surface area contributed by atoms with Crippen LogP contribution in [0.15, 0.2) is 18.2 Å². The van der Waals surface area contributed by atoms with Crippen LogP contribution in [0.1, 0.15) is 12.8 Å². The van der Waals surface area contributed by atoms with E-state index in [-0.39, 0.29) is 12.2 Å². The van der Waals surface area contributed by atoms with Gasteiger partial charge in [-0.15, -0.1) is 0 Å². The first-order valence-electron chi connectivity index (χ1n) is 5.67. The Kier molecular flexibility index (Phi) is 3.46. The molecule has 1 aliphatic rings. The van der Waals surface area contributed by atoms with Crippen LogP contribution < -0.4 is 10.2 Å². The molecule has 0 saturated carbocycles. The van der Waals surface area contributed by atoms with Crippen molar-refractivity contribution < 1.29 is 14.3 Å². The number of hydrogen-bond acceptors (Lipinski definition) is 3. The van der Waals surface area contributed by atoms with Crippen LogP contribution in [0, 0.1) is 5.82 Å². The zero-order chi connectivity index (χ0) is 12.3. The molecule has 1 aliphatic heterocycles. The molecular weight excluding hydrogens is 223 g/mol. The zero-order valence-electron chi connectivity index (χ0n) is 9.45. The van der Waals surface area contributed by atoms with E-state index in [1.807, 2.05) is 11.0 Å². The molecule has 0 atom stereocenters. The molecule has 0 amide bonds. The molecule has 1 aromatic rings. The summed E-state index contributed by atoms with van der Waals surface area (Å²) in [7, 11) is 0. The molecule has 17 heavy (non-hydrogen) atoms. The Balaban J connectivity index is 2.24. The van der Waals surface area contributed by atoms with Gasteiger partial charge in [0.05, 0.1) is 17.8 Å². The van der Waals surface area contributed by atoms with Gasteiger partial charge in [-0.3, -0.25) is 4.79 Å². The molecule has 0 unspecified atom stereocenters. The number of halogens is 1. The van der Waals surface area contributed by atoms with Gasteiger partial charge in [0, 0.05) is 19.6 Å². The van der Waals surface area contributed by atoms with Crippen LogP contribution in [0.5, 0.6) is 0 Å². The largest absolute Gasteiger partial charge is 0.481 e. The SMILES string of the molecule is O=C(O)CCN1CCCNc2c(F)cccc21. The molecule has 92 valence electrons.